The summed E-state index contributed by atoms with van der Waals surface area (Å²) in [5.41, 5.74) is 7.59. The molecule has 0 bridgehead atoms. The second-order valence-electron chi connectivity index (χ2n) is 3.80. The number of hydrogen-bond donors (Lipinski definition) is 2. The van der Waals surface area contributed by atoms with E-state index in [4.69, 9.17) is 5.73 Å². The standard InChI is InChI=1S/C12H19BrN2/c1-3-9(4-2)8-15-12-6-5-10(14)7-11(12)13/h5-7,9,15H,3-4,8,14H2,1-2H3. The summed E-state index contributed by atoms with van der Waals surface area (Å²) in [6, 6.07) is 5.86. The highest BCUT2D eigenvalue weighted by Gasteiger charge is 2.04. The van der Waals surface area contributed by atoms with Crippen molar-refractivity contribution < 1.29 is 0 Å². The van der Waals surface area contributed by atoms with Crippen LogP contribution in [0.1, 0.15) is 26.7 Å². The highest BCUT2D eigenvalue weighted by atomic mass is 79.9. The summed E-state index contributed by atoms with van der Waals surface area (Å²) in [6.45, 7) is 5.48. The molecule has 0 aliphatic heterocycles. The molecule has 1 aromatic rings. The molecule has 0 amide bonds. The third-order valence-electron chi connectivity index (χ3n) is 2.73. The van der Waals surface area contributed by atoms with Gasteiger partial charge in [0.2, 0.25) is 0 Å². The van der Waals surface area contributed by atoms with Crippen molar-refractivity contribution in [3.63, 3.8) is 0 Å². The Morgan fingerprint density at radius 2 is 2.00 bits per heavy atom. The van der Waals surface area contributed by atoms with Gasteiger partial charge in [0.05, 0.1) is 0 Å². The average molecular weight is 271 g/mol. The number of benzene rings is 1. The molecule has 0 saturated heterocycles. The van der Waals surface area contributed by atoms with Crippen LogP contribution in [0.3, 0.4) is 0 Å². The Bertz CT molecular complexity index is 308. The van der Waals surface area contributed by atoms with Crippen LogP contribution in [0.25, 0.3) is 0 Å². The van der Waals surface area contributed by atoms with E-state index in [-0.39, 0.29) is 0 Å². The van der Waals surface area contributed by atoms with Crippen molar-refractivity contribution >= 4 is 27.3 Å². The molecule has 0 aromatic heterocycles. The lowest BCUT2D eigenvalue weighted by Gasteiger charge is -2.15. The minimum absolute atomic E-state index is 0.745. The van der Waals surface area contributed by atoms with E-state index in [0.717, 1.165) is 28.3 Å². The second kappa shape index (κ2) is 6.01. The SMILES string of the molecule is CCC(CC)CNc1ccc(N)cc1Br. The quantitative estimate of drug-likeness (QED) is 0.797. The smallest absolute Gasteiger partial charge is 0.0486 e. The van der Waals surface area contributed by atoms with E-state index >= 15 is 0 Å². The first-order valence-corrected chi connectivity index (χ1v) is 6.25. The summed E-state index contributed by atoms with van der Waals surface area (Å²) in [5.74, 6) is 0.745. The molecule has 0 spiro atoms. The van der Waals surface area contributed by atoms with Crippen LogP contribution in [0, 0.1) is 5.92 Å². The number of nitrogens with one attached hydrogen (secondary N) is 1. The number of hydrogen-bond acceptors (Lipinski definition) is 2. The molecule has 3 heteroatoms. The largest absolute Gasteiger partial charge is 0.399 e. The molecule has 15 heavy (non-hydrogen) atoms. The molecule has 1 aromatic carbocycles. The van der Waals surface area contributed by atoms with Crippen LogP contribution < -0.4 is 11.1 Å². The Hall–Kier alpha value is -0.700. The maximum atomic E-state index is 5.68. The lowest BCUT2D eigenvalue weighted by molar-refractivity contribution is 0.519. The van der Waals surface area contributed by atoms with Crippen molar-refractivity contribution in [3.8, 4) is 0 Å². The van der Waals surface area contributed by atoms with Gasteiger partial charge in [-0.1, -0.05) is 26.7 Å². The number of nitrogens with two attached hydrogens (primary N) is 1. The van der Waals surface area contributed by atoms with Gasteiger partial charge >= 0.3 is 0 Å². The van der Waals surface area contributed by atoms with Crippen LogP contribution in [0.2, 0.25) is 0 Å². The van der Waals surface area contributed by atoms with E-state index in [2.05, 4.69) is 35.1 Å². The topological polar surface area (TPSA) is 38.0 Å². The highest BCUT2D eigenvalue weighted by molar-refractivity contribution is 9.10. The van der Waals surface area contributed by atoms with E-state index in [9.17, 15) is 0 Å². The second-order valence-corrected chi connectivity index (χ2v) is 4.66. The van der Waals surface area contributed by atoms with E-state index in [1.165, 1.54) is 12.8 Å². The predicted molar refractivity (Wildman–Crippen MR) is 71.1 cm³/mol. The Labute approximate surface area is 100 Å². The van der Waals surface area contributed by atoms with Crippen LogP contribution in [-0.2, 0) is 0 Å². The van der Waals surface area contributed by atoms with E-state index in [0.29, 0.717) is 0 Å². The van der Waals surface area contributed by atoms with Crippen LogP contribution in [0.4, 0.5) is 11.4 Å². The molecule has 84 valence electrons. The van der Waals surface area contributed by atoms with E-state index in [1.807, 2.05) is 18.2 Å². The molecule has 0 fully saturated rings. The zero-order valence-electron chi connectivity index (χ0n) is 9.39. The van der Waals surface area contributed by atoms with Gasteiger partial charge < -0.3 is 11.1 Å². The molecule has 1 rings (SSSR count). The molecule has 2 nitrogen and oxygen atoms in total. The van der Waals surface area contributed by atoms with Gasteiger partial charge in [-0.15, -0.1) is 0 Å². The summed E-state index contributed by atoms with van der Waals surface area (Å²) >= 11 is 3.50. The Balaban J connectivity index is 2.57. The minimum Gasteiger partial charge on any atom is -0.399 e. The van der Waals surface area contributed by atoms with Crippen molar-refractivity contribution in [2.45, 2.75) is 26.7 Å². The highest BCUT2D eigenvalue weighted by Crippen LogP contribution is 2.25. The Morgan fingerprint density at radius 3 is 2.53 bits per heavy atom. The van der Waals surface area contributed by atoms with Gasteiger partial charge in [-0.2, -0.15) is 0 Å². The maximum Gasteiger partial charge on any atom is 0.0486 e. The number of halogens is 1. The van der Waals surface area contributed by atoms with Gasteiger partial charge in [0.1, 0.15) is 0 Å². The molecule has 0 aliphatic rings. The first kappa shape index (κ1) is 12.4. The van der Waals surface area contributed by atoms with Crippen LogP contribution in [0.5, 0.6) is 0 Å². The van der Waals surface area contributed by atoms with E-state index in [1.54, 1.807) is 0 Å². The van der Waals surface area contributed by atoms with Crippen LogP contribution in [0.15, 0.2) is 22.7 Å². The zero-order valence-corrected chi connectivity index (χ0v) is 11.0. The zero-order chi connectivity index (χ0) is 11.3. The molecule has 0 radical (unpaired) electrons. The Morgan fingerprint density at radius 1 is 1.33 bits per heavy atom. The van der Waals surface area contributed by atoms with Crippen molar-refractivity contribution in [3.05, 3.63) is 22.7 Å². The fourth-order valence-electron chi connectivity index (χ4n) is 1.51. The Kier molecular flexibility index (Phi) is 4.95. The molecule has 0 aliphatic carbocycles. The fourth-order valence-corrected chi connectivity index (χ4v) is 2.04. The minimum atomic E-state index is 0.745. The normalized spacial score (nSPS) is 10.7. The molecule has 0 heterocycles. The molecule has 0 unspecified atom stereocenters. The van der Waals surface area contributed by atoms with Crippen LogP contribution in [-0.4, -0.2) is 6.54 Å². The molecular weight excluding hydrogens is 252 g/mol. The third kappa shape index (κ3) is 3.74. The van der Waals surface area contributed by atoms with Crippen molar-refractivity contribution in [1.29, 1.82) is 0 Å². The molecular formula is C12H19BrN2. The molecule has 0 saturated carbocycles. The lowest BCUT2D eigenvalue weighted by Crippen LogP contribution is -2.12. The predicted octanol–water partition coefficient (Wildman–Crippen LogP) is 3.88. The van der Waals surface area contributed by atoms with Gasteiger partial charge in [0.15, 0.2) is 0 Å². The third-order valence-corrected chi connectivity index (χ3v) is 3.39. The van der Waals surface area contributed by atoms with Gasteiger partial charge in [-0.05, 0) is 40.0 Å². The van der Waals surface area contributed by atoms with Crippen molar-refractivity contribution in [2.75, 3.05) is 17.6 Å². The van der Waals surface area contributed by atoms with Crippen LogP contribution >= 0.6 is 15.9 Å². The number of rotatable bonds is 5. The summed E-state index contributed by atoms with van der Waals surface area (Å²) in [5, 5.41) is 3.44. The van der Waals surface area contributed by atoms with E-state index < -0.39 is 0 Å². The summed E-state index contributed by atoms with van der Waals surface area (Å²) in [6.07, 6.45) is 2.44. The first-order valence-electron chi connectivity index (χ1n) is 5.46. The maximum absolute atomic E-state index is 5.68. The van der Waals surface area contributed by atoms with Crippen molar-refractivity contribution in [2.24, 2.45) is 5.92 Å². The van der Waals surface area contributed by atoms with Gasteiger partial charge in [0, 0.05) is 22.4 Å². The monoisotopic (exact) mass is 270 g/mol. The number of nitrogen functional groups attached to an aromatic ring is 1. The number of anilines is 2. The molecule has 0 atom stereocenters. The van der Waals surface area contributed by atoms with Gasteiger partial charge in [0.25, 0.3) is 0 Å². The first-order chi connectivity index (χ1) is 7.17. The van der Waals surface area contributed by atoms with Crippen molar-refractivity contribution in [1.82, 2.24) is 0 Å². The lowest BCUT2D eigenvalue weighted by atomic mass is 10.0. The summed E-state index contributed by atoms with van der Waals surface area (Å²) in [7, 11) is 0. The van der Waals surface area contributed by atoms with Gasteiger partial charge in [-0.3, -0.25) is 0 Å². The average Bonchev–Trinajstić information content (AvgIpc) is 2.22. The summed E-state index contributed by atoms with van der Waals surface area (Å²) in [4.78, 5) is 0. The van der Waals surface area contributed by atoms with Gasteiger partial charge in [-0.25, -0.2) is 0 Å². The summed E-state index contributed by atoms with van der Waals surface area (Å²) < 4.78 is 1.04. The fraction of sp³-hybridized carbons (Fsp3) is 0.500. The molecule has 3 N–H and O–H groups in total.